The first-order valence-corrected chi connectivity index (χ1v) is 8.46. The minimum Gasteiger partial charge on any atom is -0.486 e. The first-order valence-electron chi connectivity index (χ1n) is 8.46. The van der Waals surface area contributed by atoms with Crippen molar-refractivity contribution in [1.82, 2.24) is 15.5 Å². The van der Waals surface area contributed by atoms with Crippen molar-refractivity contribution in [2.24, 2.45) is 0 Å². The molecule has 0 aliphatic carbocycles. The van der Waals surface area contributed by atoms with Crippen LogP contribution in [0.4, 0.5) is 4.79 Å². The van der Waals surface area contributed by atoms with Gasteiger partial charge in [-0.15, -0.1) is 0 Å². The minimum absolute atomic E-state index is 0.107. The van der Waals surface area contributed by atoms with Gasteiger partial charge in [-0.2, -0.15) is 0 Å². The van der Waals surface area contributed by atoms with Gasteiger partial charge in [-0.1, -0.05) is 6.07 Å². The van der Waals surface area contributed by atoms with Crippen LogP contribution >= 0.6 is 0 Å². The predicted molar refractivity (Wildman–Crippen MR) is 89.6 cm³/mol. The van der Waals surface area contributed by atoms with E-state index >= 15 is 0 Å². The second kappa shape index (κ2) is 8.21. The van der Waals surface area contributed by atoms with Crippen molar-refractivity contribution in [2.45, 2.75) is 13.0 Å². The molecule has 1 aromatic rings. The quantitative estimate of drug-likeness (QED) is 0.845. The number of hydrogen-bond acceptors (Lipinski definition) is 5. The van der Waals surface area contributed by atoms with E-state index in [0.29, 0.717) is 19.8 Å². The zero-order valence-electron chi connectivity index (χ0n) is 14.0. The molecule has 0 radical (unpaired) electrons. The van der Waals surface area contributed by atoms with Gasteiger partial charge < -0.3 is 24.8 Å². The van der Waals surface area contributed by atoms with Gasteiger partial charge in [0.25, 0.3) is 0 Å². The highest BCUT2D eigenvalue weighted by Crippen LogP contribution is 2.32. The van der Waals surface area contributed by atoms with Crippen LogP contribution in [0.5, 0.6) is 11.5 Å². The van der Waals surface area contributed by atoms with Crippen molar-refractivity contribution in [3.05, 3.63) is 23.8 Å². The molecule has 0 spiro atoms. The maximum atomic E-state index is 12.0. The van der Waals surface area contributed by atoms with Crippen LogP contribution in [-0.4, -0.2) is 63.5 Å². The summed E-state index contributed by atoms with van der Waals surface area (Å²) in [6, 6.07) is 5.49. The van der Waals surface area contributed by atoms with Crippen LogP contribution in [0.1, 0.15) is 18.5 Å². The fourth-order valence-electron chi connectivity index (χ4n) is 2.81. The smallest absolute Gasteiger partial charge is 0.315 e. The molecule has 0 aromatic heterocycles. The number of rotatable bonds is 5. The molecule has 0 saturated carbocycles. The Kier molecular flexibility index (Phi) is 5.77. The first kappa shape index (κ1) is 16.9. The van der Waals surface area contributed by atoms with E-state index in [1.807, 2.05) is 25.1 Å². The molecule has 1 aromatic carbocycles. The molecule has 7 heteroatoms. The Bertz CT molecular complexity index is 561. The van der Waals surface area contributed by atoms with Crippen LogP contribution in [0.3, 0.4) is 0 Å². The van der Waals surface area contributed by atoms with Gasteiger partial charge in [-0.3, -0.25) is 4.90 Å². The number of nitrogens with one attached hydrogen (secondary N) is 2. The summed E-state index contributed by atoms with van der Waals surface area (Å²) in [6.07, 6.45) is 0. The fourth-order valence-corrected chi connectivity index (χ4v) is 2.81. The lowest BCUT2D eigenvalue weighted by atomic mass is 10.1. The lowest BCUT2D eigenvalue weighted by Gasteiger charge is -2.26. The van der Waals surface area contributed by atoms with Gasteiger partial charge in [0.1, 0.15) is 13.2 Å². The number of morpholine rings is 1. The van der Waals surface area contributed by atoms with Gasteiger partial charge in [-0.05, 0) is 24.6 Å². The van der Waals surface area contributed by atoms with Crippen LogP contribution in [0.2, 0.25) is 0 Å². The van der Waals surface area contributed by atoms with Gasteiger partial charge in [0.05, 0.1) is 19.3 Å². The largest absolute Gasteiger partial charge is 0.486 e. The highest BCUT2D eigenvalue weighted by Gasteiger charge is 2.16. The van der Waals surface area contributed by atoms with Crippen LogP contribution < -0.4 is 20.1 Å². The van der Waals surface area contributed by atoms with Gasteiger partial charge in [0.2, 0.25) is 0 Å². The summed E-state index contributed by atoms with van der Waals surface area (Å²) >= 11 is 0. The van der Waals surface area contributed by atoms with E-state index in [1.165, 1.54) is 0 Å². The van der Waals surface area contributed by atoms with E-state index in [0.717, 1.165) is 49.9 Å². The summed E-state index contributed by atoms with van der Waals surface area (Å²) in [6.45, 7) is 7.95. The number of hydrogen-bond donors (Lipinski definition) is 2. The SMILES string of the molecule is C[C@@H](NC(=O)NCCN1CCOCC1)c1ccc2c(c1)OCCO2. The molecule has 2 N–H and O–H groups in total. The molecular weight excluding hydrogens is 310 g/mol. The number of fused-ring (bicyclic) bond motifs is 1. The zero-order chi connectivity index (χ0) is 16.8. The Morgan fingerprint density at radius 1 is 1.17 bits per heavy atom. The average Bonchev–Trinajstić information content (AvgIpc) is 2.62. The summed E-state index contributed by atoms with van der Waals surface area (Å²) in [5.74, 6) is 1.49. The van der Waals surface area contributed by atoms with E-state index in [2.05, 4.69) is 15.5 Å². The maximum absolute atomic E-state index is 12.0. The number of carbonyl (C=O) groups excluding carboxylic acids is 1. The molecule has 0 unspecified atom stereocenters. The Balaban J connectivity index is 1.43. The fraction of sp³-hybridized carbons (Fsp3) is 0.588. The van der Waals surface area contributed by atoms with E-state index < -0.39 is 0 Å². The van der Waals surface area contributed by atoms with E-state index in [4.69, 9.17) is 14.2 Å². The number of benzene rings is 1. The van der Waals surface area contributed by atoms with Crippen molar-refractivity contribution in [3.8, 4) is 11.5 Å². The average molecular weight is 335 g/mol. The van der Waals surface area contributed by atoms with E-state index in [9.17, 15) is 4.79 Å². The second-order valence-electron chi connectivity index (χ2n) is 5.98. The summed E-state index contributed by atoms with van der Waals surface area (Å²) in [5, 5.41) is 5.86. The highest BCUT2D eigenvalue weighted by atomic mass is 16.6. The molecular formula is C17H25N3O4. The topological polar surface area (TPSA) is 72.1 Å². The third-order valence-corrected chi connectivity index (χ3v) is 4.23. The molecule has 0 bridgehead atoms. The minimum atomic E-state index is -0.161. The molecule has 2 aliphatic rings. The van der Waals surface area contributed by atoms with Gasteiger partial charge in [0.15, 0.2) is 11.5 Å². The van der Waals surface area contributed by atoms with Crippen LogP contribution in [0.15, 0.2) is 18.2 Å². The van der Waals surface area contributed by atoms with Crippen molar-refractivity contribution in [2.75, 3.05) is 52.6 Å². The molecule has 1 saturated heterocycles. The van der Waals surface area contributed by atoms with Crippen molar-refractivity contribution < 1.29 is 19.0 Å². The number of amides is 2. The monoisotopic (exact) mass is 335 g/mol. The van der Waals surface area contributed by atoms with Crippen LogP contribution in [0.25, 0.3) is 0 Å². The zero-order valence-corrected chi connectivity index (χ0v) is 14.0. The normalized spacial score (nSPS) is 18.7. The lowest BCUT2D eigenvalue weighted by Crippen LogP contribution is -2.44. The van der Waals surface area contributed by atoms with Gasteiger partial charge in [0, 0.05) is 26.2 Å². The van der Waals surface area contributed by atoms with E-state index in [1.54, 1.807) is 0 Å². The van der Waals surface area contributed by atoms with Crippen molar-refractivity contribution in [1.29, 1.82) is 0 Å². The molecule has 7 nitrogen and oxygen atoms in total. The molecule has 3 rings (SSSR count). The summed E-state index contributed by atoms with van der Waals surface area (Å²) in [5.41, 5.74) is 0.988. The van der Waals surface area contributed by atoms with Gasteiger partial charge in [-0.25, -0.2) is 4.79 Å². The molecule has 1 atom stereocenters. The summed E-state index contributed by atoms with van der Waals surface area (Å²) in [4.78, 5) is 14.3. The number of urea groups is 1. The Morgan fingerprint density at radius 2 is 1.92 bits per heavy atom. The standard InChI is InChI=1S/C17H25N3O4/c1-13(14-2-3-15-16(12-14)24-11-10-23-15)19-17(21)18-4-5-20-6-8-22-9-7-20/h2-3,12-13H,4-11H2,1H3,(H2,18,19,21)/t13-/m1/s1. The number of ether oxygens (including phenoxy) is 3. The number of nitrogens with zero attached hydrogens (tertiary/aromatic N) is 1. The third kappa shape index (κ3) is 4.52. The summed E-state index contributed by atoms with van der Waals surface area (Å²) < 4.78 is 16.4. The lowest BCUT2D eigenvalue weighted by molar-refractivity contribution is 0.0387. The Labute approximate surface area is 142 Å². The Morgan fingerprint density at radius 3 is 2.71 bits per heavy atom. The predicted octanol–water partition coefficient (Wildman–Crippen LogP) is 1.15. The molecule has 132 valence electrons. The maximum Gasteiger partial charge on any atom is 0.315 e. The molecule has 2 heterocycles. The highest BCUT2D eigenvalue weighted by molar-refractivity contribution is 5.74. The van der Waals surface area contributed by atoms with Crippen molar-refractivity contribution in [3.63, 3.8) is 0 Å². The molecule has 1 fully saturated rings. The Hall–Kier alpha value is -1.99. The molecule has 2 amide bonds. The number of carbonyl (C=O) groups is 1. The van der Waals surface area contributed by atoms with Gasteiger partial charge >= 0.3 is 6.03 Å². The second-order valence-corrected chi connectivity index (χ2v) is 5.98. The van der Waals surface area contributed by atoms with E-state index in [-0.39, 0.29) is 12.1 Å². The molecule has 24 heavy (non-hydrogen) atoms. The van der Waals surface area contributed by atoms with Crippen LogP contribution in [0, 0.1) is 0 Å². The summed E-state index contributed by atoms with van der Waals surface area (Å²) in [7, 11) is 0. The third-order valence-electron chi connectivity index (χ3n) is 4.23. The van der Waals surface area contributed by atoms with Crippen LogP contribution in [-0.2, 0) is 4.74 Å². The first-order chi connectivity index (χ1) is 11.7. The molecule has 2 aliphatic heterocycles. The van der Waals surface area contributed by atoms with Crippen molar-refractivity contribution >= 4 is 6.03 Å².